The van der Waals surface area contributed by atoms with Crippen molar-refractivity contribution in [2.75, 3.05) is 4.81 Å². The Morgan fingerprint density at radius 1 is 0.413 bits per heavy atom. The highest BCUT2D eigenvalue weighted by Crippen LogP contribution is 2.49. The Morgan fingerprint density at radius 2 is 1.04 bits per heavy atom. The smallest absolute Gasteiger partial charge is 0.329 e. The molecule has 0 saturated heterocycles. The van der Waals surface area contributed by atoms with Crippen LogP contribution in [0, 0.1) is 0 Å². The van der Waals surface area contributed by atoms with Crippen molar-refractivity contribution in [1.82, 2.24) is 4.57 Å². The average molecular weight is 601 g/mol. The van der Waals surface area contributed by atoms with Gasteiger partial charge in [0.25, 0.3) is 0 Å². The molecular weight excluding hydrogens is 575 g/mol. The maximum atomic E-state index is 2.61. The first-order valence-electron chi connectivity index (χ1n) is 15.9. The van der Waals surface area contributed by atoms with Crippen LogP contribution in [0.5, 0.6) is 0 Å². The zero-order valence-corrected chi connectivity index (χ0v) is 25.6. The molecule has 0 N–H and O–H groups in total. The first-order chi connectivity index (χ1) is 22.8. The number of fused-ring (bicyclic) bond motifs is 17. The van der Waals surface area contributed by atoms with E-state index in [0.29, 0.717) is 0 Å². The largest absolute Gasteiger partial charge is 0.376 e. The number of anilines is 2. The van der Waals surface area contributed by atoms with E-state index in [1.165, 1.54) is 92.2 Å². The zero-order valence-electron chi connectivity index (χ0n) is 24.8. The lowest BCUT2D eigenvalue weighted by atomic mass is 9.43. The summed E-state index contributed by atoms with van der Waals surface area (Å²) in [6.07, 6.45) is 0. The van der Waals surface area contributed by atoms with Crippen molar-refractivity contribution in [2.45, 2.75) is 0 Å². The van der Waals surface area contributed by atoms with Gasteiger partial charge in [-0.05, 0) is 70.6 Å². The second kappa shape index (κ2) is 9.00. The summed E-state index contributed by atoms with van der Waals surface area (Å²) in [5.41, 5.74) is 14.2. The molecule has 4 heterocycles. The minimum Gasteiger partial charge on any atom is -0.376 e. The minimum absolute atomic E-state index is 0.115. The molecule has 11 rings (SSSR count). The molecule has 212 valence electrons. The molecule has 0 aliphatic carbocycles. The second-order valence-corrected chi connectivity index (χ2v) is 13.6. The topological polar surface area (TPSA) is 8.17 Å². The Balaban J connectivity index is 1.24. The van der Waals surface area contributed by atoms with Gasteiger partial charge in [0.15, 0.2) is 0 Å². The van der Waals surface area contributed by atoms with Crippen LogP contribution < -0.4 is 15.7 Å². The average Bonchev–Trinajstić information content (AvgIpc) is 3.64. The molecule has 7 aromatic carbocycles. The molecule has 9 aromatic rings. The van der Waals surface area contributed by atoms with E-state index in [1.807, 2.05) is 11.3 Å². The van der Waals surface area contributed by atoms with Gasteiger partial charge >= 0.3 is 6.85 Å². The van der Waals surface area contributed by atoms with Crippen LogP contribution in [0.2, 0.25) is 0 Å². The van der Waals surface area contributed by atoms with Gasteiger partial charge in [-0.25, -0.2) is 0 Å². The van der Waals surface area contributed by atoms with E-state index in [0.717, 1.165) is 0 Å². The summed E-state index contributed by atoms with van der Waals surface area (Å²) >= 11 is 1.91. The van der Waals surface area contributed by atoms with Crippen molar-refractivity contribution in [3.8, 4) is 27.9 Å². The lowest BCUT2D eigenvalue weighted by Gasteiger charge is -2.43. The standard InChI is InChI=1S/C42H25BN2S/c1-2-12-26(13-3-1)44-37-20-10-6-17-30(37)32-25-42-33(22-39(32)44)34-23-40-31(24-41(34)46-42)28-15-5-9-19-36(28)43-35-18-8-4-14-27(35)29-16-7-11-21-38(29)45(40)43/h1-25H. The van der Waals surface area contributed by atoms with Gasteiger partial charge in [0, 0.05) is 59.1 Å². The van der Waals surface area contributed by atoms with Crippen molar-refractivity contribution < 1.29 is 0 Å². The Labute approximate surface area is 270 Å². The number of para-hydroxylation sites is 3. The van der Waals surface area contributed by atoms with Crippen LogP contribution in [0.4, 0.5) is 11.4 Å². The SMILES string of the molecule is c1ccc(-n2c3ccccc3c3cc4sc5cc6c(cc5c4cc32)N2B(c3ccccc3-c3ccccc32)c2ccccc2-6)cc1. The maximum Gasteiger partial charge on any atom is 0.329 e. The molecule has 4 heteroatoms. The number of nitrogens with zero attached hydrogens (tertiary/aromatic N) is 2. The molecule has 0 radical (unpaired) electrons. The lowest BCUT2D eigenvalue weighted by Crippen LogP contribution is -2.59. The van der Waals surface area contributed by atoms with Crippen LogP contribution in [0.15, 0.2) is 152 Å². The fraction of sp³-hybridized carbons (Fsp3) is 0. The fourth-order valence-corrected chi connectivity index (χ4v) is 9.42. The van der Waals surface area contributed by atoms with Gasteiger partial charge in [0.1, 0.15) is 0 Å². The van der Waals surface area contributed by atoms with E-state index >= 15 is 0 Å². The van der Waals surface area contributed by atoms with Crippen molar-refractivity contribution in [3.05, 3.63) is 152 Å². The molecule has 0 spiro atoms. The predicted octanol–water partition coefficient (Wildman–Crippen LogP) is 10.1. The molecule has 2 aliphatic rings. The van der Waals surface area contributed by atoms with E-state index < -0.39 is 0 Å². The van der Waals surface area contributed by atoms with Crippen LogP contribution in [-0.2, 0) is 0 Å². The van der Waals surface area contributed by atoms with Crippen LogP contribution >= 0.6 is 11.3 Å². The summed E-state index contributed by atoms with van der Waals surface area (Å²) in [6.45, 7) is 0.115. The summed E-state index contributed by atoms with van der Waals surface area (Å²) in [4.78, 5) is 2.61. The Hall–Kier alpha value is -5.58. The first kappa shape index (κ1) is 24.7. The van der Waals surface area contributed by atoms with Crippen molar-refractivity contribution in [1.29, 1.82) is 0 Å². The molecule has 0 bridgehead atoms. The van der Waals surface area contributed by atoms with Gasteiger partial charge in [-0.15, -0.1) is 11.3 Å². The maximum absolute atomic E-state index is 2.61. The number of hydrogen-bond donors (Lipinski definition) is 0. The summed E-state index contributed by atoms with van der Waals surface area (Å²) in [5.74, 6) is 0. The molecule has 2 nitrogen and oxygen atoms in total. The molecule has 0 unspecified atom stereocenters. The van der Waals surface area contributed by atoms with Gasteiger partial charge in [0.2, 0.25) is 0 Å². The van der Waals surface area contributed by atoms with Crippen LogP contribution in [0.3, 0.4) is 0 Å². The predicted molar refractivity (Wildman–Crippen MR) is 198 cm³/mol. The van der Waals surface area contributed by atoms with Gasteiger partial charge in [-0.2, -0.15) is 0 Å². The molecule has 0 fully saturated rings. The molecule has 0 amide bonds. The zero-order chi connectivity index (χ0) is 29.9. The van der Waals surface area contributed by atoms with Crippen LogP contribution in [0.1, 0.15) is 0 Å². The minimum atomic E-state index is 0.115. The molecule has 0 atom stereocenters. The third-order valence-electron chi connectivity index (χ3n) is 10.2. The van der Waals surface area contributed by atoms with Crippen molar-refractivity contribution in [3.63, 3.8) is 0 Å². The van der Waals surface area contributed by atoms with Gasteiger partial charge < -0.3 is 9.38 Å². The summed E-state index contributed by atoms with van der Waals surface area (Å²) in [6, 6.07) is 56.3. The van der Waals surface area contributed by atoms with Crippen LogP contribution in [-0.4, -0.2) is 11.4 Å². The summed E-state index contributed by atoms with van der Waals surface area (Å²) in [5, 5.41) is 5.23. The van der Waals surface area contributed by atoms with Crippen molar-refractivity contribution >= 4 is 82.5 Å². The van der Waals surface area contributed by atoms with Gasteiger partial charge in [-0.3, -0.25) is 0 Å². The quantitative estimate of drug-likeness (QED) is 0.170. The normalized spacial score (nSPS) is 13.1. The summed E-state index contributed by atoms with van der Waals surface area (Å²) < 4.78 is 5.08. The van der Waals surface area contributed by atoms with E-state index in [9.17, 15) is 0 Å². The highest BCUT2D eigenvalue weighted by atomic mass is 32.1. The lowest BCUT2D eigenvalue weighted by molar-refractivity contribution is 1.18. The van der Waals surface area contributed by atoms with E-state index in [1.54, 1.807) is 0 Å². The van der Waals surface area contributed by atoms with Gasteiger partial charge in [-0.1, -0.05) is 103 Å². The highest BCUT2D eigenvalue weighted by molar-refractivity contribution is 7.26. The summed E-state index contributed by atoms with van der Waals surface area (Å²) in [7, 11) is 0. The molecule has 0 saturated carbocycles. The van der Waals surface area contributed by atoms with E-state index in [2.05, 4.69) is 161 Å². The number of benzene rings is 7. The van der Waals surface area contributed by atoms with E-state index in [4.69, 9.17) is 0 Å². The Morgan fingerprint density at radius 3 is 1.87 bits per heavy atom. The highest BCUT2D eigenvalue weighted by Gasteiger charge is 2.42. The van der Waals surface area contributed by atoms with Crippen LogP contribution in [0.25, 0.3) is 69.9 Å². The molecule has 2 aliphatic heterocycles. The second-order valence-electron chi connectivity index (χ2n) is 12.5. The fourth-order valence-electron chi connectivity index (χ4n) is 8.27. The molecule has 46 heavy (non-hydrogen) atoms. The molecule has 2 aromatic heterocycles. The van der Waals surface area contributed by atoms with Gasteiger partial charge in [0.05, 0.1) is 11.0 Å². The third kappa shape index (κ3) is 3.16. The number of rotatable bonds is 1. The van der Waals surface area contributed by atoms with E-state index in [-0.39, 0.29) is 6.85 Å². The number of thiophene rings is 1. The number of hydrogen-bond acceptors (Lipinski definition) is 2. The Bertz CT molecular complexity index is 2720. The Kier molecular flexibility index (Phi) is 4.83. The van der Waals surface area contributed by atoms with Crippen molar-refractivity contribution in [2.24, 2.45) is 0 Å². The monoisotopic (exact) mass is 600 g/mol. The number of aromatic nitrogens is 1. The first-order valence-corrected chi connectivity index (χ1v) is 16.7. The third-order valence-corrected chi connectivity index (χ3v) is 11.3. The molecular formula is C42H25BN2S.